The van der Waals surface area contributed by atoms with Crippen LogP contribution >= 0.6 is 0 Å². The summed E-state index contributed by atoms with van der Waals surface area (Å²) in [5, 5.41) is 31.9. The number of nitrogen functional groups attached to an aromatic ring is 1. The van der Waals surface area contributed by atoms with Gasteiger partial charge < -0.3 is 20.9 Å². The van der Waals surface area contributed by atoms with Crippen LogP contribution in [0.4, 0.5) is 22.7 Å². The van der Waals surface area contributed by atoms with Gasteiger partial charge in [-0.1, -0.05) is 0 Å². The average Bonchev–Trinajstić information content (AvgIpc) is 2.57. The van der Waals surface area contributed by atoms with Crippen LogP contribution in [-0.4, -0.2) is 27.5 Å². The fraction of sp³-hybridized carbons (Fsp3) is 0.0714. The summed E-state index contributed by atoms with van der Waals surface area (Å²) in [5.74, 6) is 0.00352. The smallest absolute Gasteiger partial charge is 0.271 e. The number of nitro benzene ring substituents is 2. The highest BCUT2D eigenvalue weighted by Crippen LogP contribution is 2.31. The average molecular weight is 348 g/mol. The first-order valence-corrected chi connectivity index (χ1v) is 6.72. The van der Waals surface area contributed by atoms with Crippen molar-refractivity contribution in [2.24, 2.45) is 0 Å². The molecule has 11 nitrogen and oxygen atoms in total. The first-order valence-electron chi connectivity index (χ1n) is 6.72. The molecule has 0 unspecified atom stereocenters. The first-order chi connectivity index (χ1) is 11.8. The number of amides is 1. The van der Waals surface area contributed by atoms with Gasteiger partial charge in [0, 0.05) is 24.3 Å². The lowest BCUT2D eigenvalue weighted by molar-refractivity contribution is -0.385. The molecule has 11 heteroatoms. The van der Waals surface area contributed by atoms with E-state index in [2.05, 4.69) is 5.32 Å². The molecule has 4 N–H and O–H groups in total. The highest BCUT2D eigenvalue weighted by atomic mass is 16.6. The van der Waals surface area contributed by atoms with Gasteiger partial charge in [0.1, 0.15) is 11.5 Å². The molecule has 130 valence electrons. The minimum atomic E-state index is -0.574. The number of carbonyl (C=O) groups excluding carboxylic acids is 1. The molecule has 1 amide bonds. The number of phenolic OH excluding ortho intramolecular Hbond substituents is 1. The van der Waals surface area contributed by atoms with Gasteiger partial charge in [-0.25, -0.2) is 0 Å². The zero-order chi connectivity index (χ0) is 18.6. The molecular weight excluding hydrogens is 336 g/mol. The summed E-state index contributed by atoms with van der Waals surface area (Å²) in [6.45, 7) is -0.0508. The van der Waals surface area contributed by atoms with Gasteiger partial charge in [0.25, 0.3) is 17.3 Å². The third-order valence-electron chi connectivity index (χ3n) is 3.03. The Labute approximate surface area is 139 Å². The lowest BCUT2D eigenvalue weighted by atomic mass is 10.2. The predicted molar refractivity (Wildman–Crippen MR) is 86.4 cm³/mol. The number of phenols is 1. The van der Waals surface area contributed by atoms with E-state index in [9.17, 15) is 25.0 Å². The third kappa shape index (κ3) is 4.31. The maximum Gasteiger partial charge on any atom is 0.271 e. The molecule has 3 rings (SSSR count). The van der Waals surface area contributed by atoms with Crippen LogP contribution in [-0.2, 0) is 4.79 Å². The van der Waals surface area contributed by atoms with E-state index in [0.717, 1.165) is 6.07 Å². The van der Waals surface area contributed by atoms with Gasteiger partial charge in [-0.05, 0) is 12.1 Å². The van der Waals surface area contributed by atoms with Gasteiger partial charge >= 0.3 is 0 Å². The zero-order valence-electron chi connectivity index (χ0n) is 12.5. The molecule has 0 saturated carbocycles. The highest BCUT2D eigenvalue weighted by molar-refractivity contribution is 5.95. The summed E-state index contributed by atoms with van der Waals surface area (Å²) in [4.78, 5) is 30.4. The molecule has 2 aromatic rings. The van der Waals surface area contributed by atoms with Crippen molar-refractivity contribution >= 4 is 28.7 Å². The number of ether oxygens (including phenoxy) is 1. The van der Waals surface area contributed by atoms with Gasteiger partial charge in [-0.2, -0.15) is 0 Å². The fourth-order valence-corrected chi connectivity index (χ4v) is 1.84. The Balaban J connectivity index is 0.000000186. The van der Waals surface area contributed by atoms with Crippen LogP contribution in [0.5, 0.6) is 11.5 Å². The Bertz CT molecular complexity index is 853. The molecule has 25 heavy (non-hydrogen) atoms. The first kappa shape index (κ1) is 17.5. The van der Waals surface area contributed by atoms with Gasteiger partial charge in [0.05, 0.1) is 21.2 Å². The minimum absolute atomic E-state index is 0.0131. The number of carbonyl (C=O) groups is 1. The Morgan fingerprint density at radius 3 is 2.28 bits per heavy atom. The van der Waals surface area contributed by atoms with Crippen LogP contribution in [0.15, 0.2) is 36.4 Å². The quantitative estimate of drug-likeness (QED) is 0.319. The minimum Gasteiger partial charge on any atom is -0.506 e. The number of hydrogen-bond donors (Lipinski definition) is 3. The summed E-state index contributed by atoms with van der Waals surface area (Å²) in [5.41, 5.74) is 5.36. The molecule has 1 aliphatic heterocycles. The second-order valence-corrected chi connectivity index (χ2v) is 4.77. The molecule has 2 aromatic carbocycles. The Morgan fingerprint density at radius 2 is 1.68 bits per heavy atom. The van der Waals surface area contributed by atoms with Crippen molar-refractivity contribution in [2.75, 3.05) is 17.7 Å². The molecule has 0 bridgehead atoms. The maximum atomic E-state index is 10.9. The monoisotopic (exact) mass is 348 g/mol. The van der Waals surface area contributed by atoms with Crippen molar-refractivity contribution in [2.45, 2.75) is 0 Å². The standard InChI is InChI=1S/C8H6N2O4.C6H6N2O3/c11-8-4-14-7-2-1-5(10(12)13)3-6(7)9-8;7-5-3-4(8(10)11)1-2-6(5)9/h1-3H,4H2,(H,9,11);1-3,9H,7H2. The summed E-state index contributed by atoms with van der Waals surface area (Å²) < 4.78 is 5.04. The molecular formula is C14H12N4O7. The molecule has 1 heterocycles. The second-order valence-electron chi connectivity index (χ2n) is 4.77. The van der Waals surface area contributed by atoms with Crippen LogP contribution in [0.25, 0.3) is 0 Å². The van der Waals surface area contributed by atoms with Crippen LogP contribution in [0.1, 0.15) is 0 Å². The molecule has 0 radical (unpaired) electrons. The van der Waals surface area contributed by atoms with E-state index in [1.165, 1.54) is 30.3 Å². The number of rotatable bonds is 2. The fourth-order valence-electron chi connectivity index (χ4n) is 1.84. The van der Waals surface area contributed by atoms with Crippen molar-refractivity contribution in [1.82, 2.24) is 0 Å². The third-order valence-corrected chi connectivity index (χ3v) is 3.03. The molecule has 0 spiro atoms. The molecule has 0 atom stereocenters. The number of non-ortho nitro benzene ring substituents is 2. The van der Waals surface area contributed by atoms with Crippen molar-refractivity contribution in [3.05, 3.63) is 56.6 Å². The largest absolute Gasteiger partial charge is 0.506 e. The van der Waals surface area contributed by atoms with E-state index in [1.807, 2.05) is 0 Å². The molecule has 0 aromatic heterocycles. The topological polar surface area (TPSA) is 171 Å². The summed E-state index contributed by atoms with van der Waals surface area (Å²) in [6, 6.07) is 7.55. The van der Waals surface area contributed by atoms with Crippen LogP contribution in [0.3, 0.4) is 0 Å². The number of nitrogens with one attached hydrogen (secondary N) is 1. The Kier molecular flexibility index (Phi) is 4.98. The maximum absolute atomic E-state index is 10.9. The Morgan fingerprint density at radius 1 is 1.08 bits per heavy atom. The molecule has 0 aliphatic carbocycles. The lowest BCUT2D eigenvalue weighted by Gasteiger charge is -2.16. The van der Waals surface area contributed by atoms with Gasteiger partial charge in [0.15, 0.2) is 6.61 Å². The van der Waals surface area contributed by atoms with E-state index < -0.39 is 9.85 Å². The van der Waals surface area contributed by atoms with Crippen LogP contribution in [0.2, 0.25) is 0 Å². The zero-order valence-corrected chi connectivity index (χ0v) is 12.5. The lowest BCUT2D eigenvalue weighted by Crippen LogP contribution is -2.25. The van der Waals surface area contributed by atoms with Crippen LogP contribution in [0, 0.1) is 20.2 Å². The molecule has 0 fully saturated rings. The van der Waals surface area contributed by atoms with E-state index in [1.54, 1.807) is 0 Å². The number of nitrogens with zero attached hydrogens (tertiary/aromatic N) is 2. The summed E-state index contributed by atoms with van der Waals surface area (Å²) >= 11 is 0. The van der Waals surface area contributed by atoms with Crippen molar-refractivity contribution in [1.29, 1.82) is 0 Å². The number of aromatic hydroxyl groups is 1. The van der Waals surface area contributed by atoms with Gasteiger partial charge in [0.2, 0.25) is 0 Å². The van der Waals surface area contributed by atoms with Crippen molar-refractivity contribution in [3.8, 4) is 11.5 Å². The summed E-state index contributed by atoms with van der Waals surface area (Å²) in [7, 11) is 0. The second kappa shape index (κ2) is 7.12. The number of nitrogens with two attached hydrogens (primary N) is 1. The van der Waals surface area contributed by atoms with E-state index >= 15 is 0 Å². The van der Waals surface area contributed by atoms with Crippen molar-refractivity contribution in [3.63, 3.8) is 0 Å². The molecule has 0 saturated heterocycles. The normalized spacial score (nSPS) is 11.9. The SMILES string of the molecule is Nc1cc([N+](=O)[O-])ccc1O.O=C1COc2ccc([N+](=O)[O-])cc2N1. The van der Waals surface area contributed by atoms with Gasteiger partial charge in [-0.15, -0.1) is 0 Å². The summed E-state index contributed by atoms with van der Waals surface area (Å²) in [6.07, 6.45) is 0. The van der Waals surface area contributed by atoms with Crippen LogP contribution < -0.4 is 15.8 Å². The van der Waals surface area contributed by atoms with Crippen molar-refractivity contribution < 1.29 is 24.5 Å². The number of anilines is 2. The number of benzene rings is 2. The van der Waals surface area contributed by atoms with E-state index in [0.29, 0.717) is 11.4 Å². The van der Waals surface area contributed by atoms with E-state index in [-0.39, 0.29) is 35.3 Å². The number of fused-ring (bicyclic) bond motifs is 1. The number of hydrogen-bond acceptors (Lipinski definition) is 8. The predicted octanol–water partition coefficient (Wildman–Crippen LogP) is 1.81. The van der Waals surface area contributed by atoms with E-state index in [4.69, 9.17) is 15.6 Å². The van der Waals surface area contributed by atoms with Gasteiger partial charge in [-0.3, -0.25) is 25.0 Å². The Hall–Kier alpha value is -3.89. The molecule has 1 aliphatic rings. The highest BCUT2D eigenvalue weighted by Gasteiger charge is 2.18. The number of nitro groups is 2.